The zero-order chi connectivity index (χ0) is 22.0. The molecule has 6 heteroatoms. The van der Waals surface area contributed by atoms with Crippen molar-refractivity contribution in [1.29, 1.82) is 0 Å². The number of aromatic nitrogens is 2. The van der Waals surface area contributed by atoms with Gasteiger partial charge in [0.2, 0.25) is 0 Å². The summed E-state index contributed by atoms with van der Waals surface area (Å²) in [4.78, 5) is 32.1. The molecule has 1 aromatic heterocycles. The number of hydrogen-bond acceptors (Lipinski definition) is 4. The first-order chi connectivity index (χ1) is 15.0. The van der Waals surface area contributed by atoms with Crippen molar-refractivity contribution in [3.05, 3.63) is 99.8 Å². The Hall–Kier alpha value is -3.38. The summed E-state index contributed by atoms with van der Waals surface area (Å²) in [6.45, 7) is 1.99. The van der Waals surface area contributed by atoms with Gasteiger partial charge in [0, 0.05) is 25.4 Å². The molecule has 1 heterocycles. The molecule has 0 saturated heterocycles. The number of fused-ring (bicyclic) bond motifs is 1. The zero-order valence-corrected chi connectivity index (χ0v) is 18.5. The Kier molecular flexibility index (Phi) is 5.91. The molecular formula is C25H23N3O2S. The van der Waals surface area contributed by atoms with Gasteiger partial charge in [-0.2, -0.15) is 0 Å². The van der Waals surface area contributed by atoms with Gasteiger partial charge in [0.25, 0.3) is 11.5 Å². The average Bonchev–Trinajstić information content (AvgIpc) is 2.78. The third-order valence-electron chi connectivity index (χ3n) is 5.05. The average molecular weight is 430 g/mol. The van der Waals surface area contributed by atoms with E-state index in [-0.39, 0.29) is 11.5 Å². The van der Waals surface area contributed by atoms with Gasteiger partial charge in [-0.3, -0.25) is 14.2 Å². The molecule has 0 aliphatic carbocycles. The van der Waals surface area contributed by atoms with E-state index in [9.17, 15) is 9.59 Å². The first-order valence-corrected chi connectivity index (χ1v) is 11.0. The van der Waals surface area contributed by atoms with Gasteiger partial charge in [0.05, 0.1) is 16.6 Å². The van der Waals surface area contributed by atoms with Crippen LogP contribution in [0.5, 0.6) is 0 Å². The van der Waals surface area contributed by atoms with Crippen LogP contribution in [0.2, 0.25) is 0 Å². The molecule has 4 rings (SSSR count). The third kappa shape index (κ3) is 4.25. The lowest BCUT2D eigenvalue weighted by Crippen LogP contribution is -2.22. The van der Waals surface area contributed by atoms with E-state index >= 15 is 0 Å². The molecular weight excluding hydrogens is 406 g/mol. The predicted octanol–water partition coefficient (Wildman–Crippen LogP) is 4.69. The fraction of sp³-hybridized carbons (Fsp3) is 0.160. The Balaban J connectivity index is 1.77. The predicted molar refractivity (Wildman–Crippen MR) is 126 cm³/mol. The van der Waals surface area contributed by atoms with Crippen molar-refractivity contribution in [3.63, 3.8) is 0 Å². The highest BCUT2D eigenvalue weighted by molar-refractivity contribution is 7.98. The molecule has 0 bridgehead atoms. The fourth-order valence-corrected chi connectivity index (χ4v) is 4.38. The lowest BCUT2D eigenvalue weighted by molar-refractivity contribution is 0.0827. The van der Waals surface area contributed by atoms with E-state index in [1.54, 1.807) is 23.6 Å². The number of hydrogen-bond donors (Lipinski definition) is 0. The summed E-state index contributed by atoms with van der Waals surface area (Å²) < 4.78 is 1.69. The van der Waals surface area contributed by atoms with E-state index in [4.69, 9.17) is 4.98 Å². The monoisotopic (exact) mass is 429 g/mol. The summed E-state index contributed by atoms with van der Waals surface area (Å²) >= 11 is 1.49. The van der Waals surface area contributed by atoms with Gasteiger partial charge in [-0.1, -0.05) is 54.2 Å². The van der Waals surface area contributed by atoms with Crippen molar-refractivity contribution in [2.45, 2.75) is 17.8 Å². The minimum atomic E-state index is -0.0843. The molecule has 0 aliphatic heterocycles. The number of carbonyl (C=O) groups excluding carboxylic acids is 1. The van der Waals surface area contributed by atoms with E-state index in [2.05, 4.69) is 0 Å². The molecule has 1 amide bonds. The van der Waals surface area contributed by atoms with Crippen LogP contribution in [0.1, 0.15) is 21.5 Å². The second kappa shape index (κ2) is 8.78. The summed E-state index contributed by atoms with van der Waals surface area (Å²) in [6, 6.07) is 22.8. The van der Waals surface area contributed by atoms with Crippen molar-refractivity contribution in [2.24, 2.45) is 0 Å². The standard InChI is InChI=1S/C25H23N3O2S/c1-17-9-4-7-14-22(17)28-24(30)20-12-5-6-13-21(20)26-25(28)31-16-18-10-8-11-19(15-18)23(29)27(2)3/h4-15H,16H2,1-3H3. The zero-order valence-electron chi connectivity index (χ0n) is 17.7. The van der Waals surface area contributed by atoms with Gasteiger partial charge < -0.3 is 4.90 Å². The summed E-state index contributed by atoms with van der Waals surface area (Å²) in [5.74, 6) is 0.554. The van der Waals surface area contributed by atoms with Crippen LogP contribution in [0.4, 0.5) is 0 Å². The Bertz CT molecular complexity index is 1330. The van der Waals surface area contributed by atoms with Crippen LogP contribution in [0.25, 0.3) is 16.6 Å². The van der Waals surface area contributed by atoms with Crippen LogP contribution in [0.15, 0.2) is 82.7 Å². The normalized spacial score (nSPS) is 10.9. The van der Waals surface area contributed by atoms with Crippen molar-refractivity contribution in [2.75, 3.05) is 14.1 Å². The fourth-order valence-electron chi connectivity index (χ4n) is 3.44. The van der Waals surface area contributed by atoms with Crippen LogP contribution in [-0.4, -0.2) is 34.5 Å². The van der Waals surface area contributed by atoms with E-state index in [0.29, 0.717) is 27.4 Å². The van der Waals surface area contributed by atoms with E-state index in [0.717, 1.165) is 16.8 Å². The molecule has 0 radical (unpaired) electrons. The number of rotatable bonds is 5. The molecule has 3 aromatic carbocycles. The summed E-state index contributed by atoms with van der Waals surface area (Å²) in [6.07, 6.45) is 0. The van der Waals surface area contributed by atoms with Crippen LogP contribution in [0, 0.1) is 6.92 Å². The largest absolute Gasteiger partial charge is 0.345 e. The SMILES string of the molecule is Cc1ccccc1-n1c(SCc2cccc(C(=O)N(C)C)c2)nc2ccccc2c1=O. The maximum Gasteiger partial charge on any atom is 0.266 e. The van der Waals surface area contributed by atoms with Gasteiger partial charge in [-0.15, -0.1) is 0 Å². The number of benzene rings is 3. The quantitative estimate of drug-likeness (QED) is 0.341. The van der Waals surface area contributed by atoms with Gasteiger partial charge in [0.15, 0.2) is 5.16 Å². The van der Waals surface area contributed by atoms with Gasteiger partial charge in [-0.25, -0.2) is 4.98 Å². The number of nitrogens with zero attached hydrogens (tertiary/aromatic N) is 3. The van der Waals surface area contributed by atoms with Crippen molar-refractivity contribution < 1.29 is 4.79 Å². The van der Waals surface area contributed by atoms with Gasteiger partial charge >= 0.3 is 0 Å². The van der Waals surface area contributed by atoms with Crippen LogP contribution < -0.4 is 5.56 Å². The van der Waals surface area contributed by atoms with Crippen LogP contribution in [-0.2, 0) is 5.75 Å². The number of carbonyl (C=O) groups is 1. The highest BCUT2D eigenvalue weighted by atomic mass is 32.2. The second-order valence-electron chi connectivity index (χ2n) is 7.53. The molecule has 0 saturated carbocycles. The minimum Gasteiger partial charge on any atom is -0.345 e. The molecule has 0 spiro atoms. The Labute approximate surface area is 185 Å². The maximum atomic E-state index is 13.4. The maximum absolute atomic E-state index is 13.4. The second-order valence-corrected chi connectivity index (χ2v) is 8.47. The Morgan fingerprint density at radius 1 is 1.00 bits per heavy atom. The highest BCUT2D eigenvalue weighted by Crippen LogP contribution is 2.26. The molecule has 31 heavy (non-hydrogen) atoms. The van der Waals surface area contributed by atoms with Gasteiger partial charge in [-0.05, 0) is 48.4 Å². The van der Waals surface area contributed by atoms with Crippen LogP contribution >= 0.6 is 11.8 Å². The molecule has 0 unspecified atom stereocenters. The third-order valence-corrected chi connectivity index (χ3v) is 6.06. The molecule has 4 aromatic rings. The van der Waals surface area contributed by atoms with Crippen molar-refractivity contribution >= 4 is 28.6 Å². The smallest absolute Gasteiger partial charge is 0.266 e. The minimum absolute atomic E-state index is 0.0347. The molecule has 0 atom stereocenters. The van der Waals surface area contributed by atoms with E-state index < -0.39 is 0 Å². The van der Waals surface area contributed by atoms with Gasteiger partial charge in [0.1, 0.15) is 0 Å². The van der Waals surface area contributed by atoms with Crippen molar-refractivity contribution in [3.8, 4) is 5.69 Å². The first-order valence-electron chi connectivity index (χ1n) is 9.97. The summed E-state index contributed by atoms with van der Waals surface area (Å²) in [7, 11) is 3.48. The number of amides is 1. The molecule has 156 valence electrons. The molecule has 0 aliphatic rings. The number of aryl methyl sites for hydroxylation is 1. The highest BCUT2D eigenvalue weighted by Gasteiger charge is 2.15. The van der Waals surface area contributed by atoms with E-state index in [1.165, 1.54) is 11.8 Å². The lowest BCUT2D eigenvalue weighted by Gasteiger charge is -2.15. The summed E-state index contributed by atoms with van der Waals surface area (Å²) in [5.41, 5.74) is 4.06. The lowest BCUT2D eigenvalue weighted by atomic mass is 10.1. The summed E-state index contributed by atoms with van der Waals surface area (Å²) in [5, 5.41) is 1.22. The number of thioether (sulfide) groups is 1. The molecule has 0 N–H and O–H groups in total. The Morgan fingerprint density at radius 2 is 1.74 bits per heavy atom. The van der Waals surface area contributed by atoms with Crippen molar-refractivity contribution in [1.82, 2.24) is 14.5 Å². The van der Waals surface area contributed by atoms with Crippen LogP contribution in [0.3, 0.4) is 0 Å². The Morgan fingerprint density at radius 3 is 2.52 bits per heavy atom. The van der Waals surface area contributed by atoms with E-state index in [1.807, 2.05) is 79.7 Å². The topological polar surface area (TPSA) is 55.2 Å². The first kappa shape index (κ1) is 20.9. The molecule has 0 fully saturated rings. The molecule has 5 nitrogen and oxygen atoms in total. The number of para-hydroxylation sites is 2.